The number of nitrogens with zero attached hydrogens (tertiary/aromatic N) is 1. The first-order valence-electron chi connectivity index (χ1n) is 6.98. The zero-order valence-corrected chi connectivity index (χ0v) is 11.4. The molecular formula is C16H19NO2. The van der Waals surface area contributed by atoms with Crippen molar-refractivity contribution in [3.63, 3.8) is 0 Å². The molecule has 1 atom stereocenters. The van der Waals surface area contributed by atoms with E-state index in [0.29, 0.717) is 6.42 Å². The predicted molar refractivity (Wildman–Crippen MR) is 75.7 cm³/mol. The summed E-state index contributed by atoms with van der Waals surface area (Å²) >= 11 is 0. The predicted octanol–water partition coefficient (Wildman–Crippen LogP) is 3.47. The molecule has 3 rings (SSSR count). The number of hydrogen-bond acceptors (Lipinski definition) is 1. The summed E-state index contributed by atoms with van der Waals surface area (Å²) in [7, 11) is 0. The number of aryl methyl sites for hydroxylation is 2. The van der Waals surface area contributed by atoms with Crippen molar-refractivity contribution in [1.82, 2.24) is 4.57 Å². The van der Waals surface area contributed by atoms with Crippen molar-refractivity contribution in [3.8, 4) is 0 Å². The van der Waals surface area contributed by atoms with Gasteiger partial charge >= 0.3 is 5.97 Å². The number of aliphatic carboxylic acids is 1. The van der Waals surface area contributed by atoms with Gasteiger partial charge in [-0.1, -0.05) is 25.1 Å². The van der Waals surface area contributed by atoms with Crippen molar-refractivity contribution < 1.29 is 9.90 Å². The zero-order valence-electron chi connectivity index (χ0n) is 11.4. The van der Waals surface area contributed by atoms with Gasteiger partial charge in [-0.3, -0.25) is 4.79 Å². The molecular weight excluding hydrogens is 238 g/mol. The van der Waals surface area contributed by atoms with Crippen LogP contribution >= 0.6 is 0 Å². The van der Waals surface area contributed by atoms with Crippen LogP contribution in [0.3, 0.4) is 0 Å². The molecule has 100 valence electrons. The quantitative estimate of drug-likeness (QED) is 0.914. The van der Waals surface area contributed by atoms with Crippen molar-refractivity contribution >= 4 is 16.9 Å². The lowest BCUT2D eigenvalue weighted by molar-refractivity contribution is -0.138. The summed E-state index contributed by atoms with van der Waals surface area (Å²) in [5.74, 6) is -1.11. The number of aromatic nitrogens is 1. The van der Waals surface area contributed by atoms with Crippen molar-refractivity contribution in [3.05, 3.63) is 35.0 Å². The molecule has 0 bridgehead atoms. The van der Waals surface area contributed by atoms with E-state index in [1.165, 1.54) is 11.1 Å². The van der Waals surface area contributed by atoms with Gasteiger partial charge in [0.05, 0.1) is 11.4 Å². The highest BCUT2D eigenvalue weighted by molar-refractivity contribution is 5.93. The van der Waals surface area contributed by atoms with E-state index in [4.69, 9.17) is 0 Å². The maximum absolute atomic E-state index is 11.5. The lowest BCUT2D eigenvalue weighted by Gasteiger charge is -2.16. The number of carboxylic acids is 1. The van der Waals surface area contributed by atoms with Gasteiger partial charge in [-0.2, -0.15) is 0 Å². The number of rotatable bonds is 3. The Bertz CT molecular complexity index is 654. The largest absolute Gasteiger partial charge is 0.481 e. The summed E-state index contributed by atoms with van der Waals surface area (Å²) in [5, 5.41) is 10.6. The summed E-state index contributed by atoms with van der Waals surface area (Å²) in [6.45, 7) is 5.02. The van der Waals surface area contributed by atoms with Gasteiger partial charge in [0.25, 0.3) is 0 Å². The fraction of sp³-hybridized carbons (Fsp3) is 0.438. The molecule has 2 aromatic rings. The van der Waals surface area contributed by atoms with E-state index in [0.717, 1.165) is 36.0 Å². The molecule has 0 amide bonds. The standard InChI is InChI=1S/C16H19NO2/c1-3-12(16(18)19)14-10(2)17-9-5-7-11-6-4-8-13(14)15(11)17/h4,6,8,12H,3,5,7,9H2,1-2H3,(H,18,19). The summed E-state index contributed by atoms with van der Waals surface area (Å²) in [4.78, 5) is 11.5. The average Bonchev–Trinajstić information content (AvgIpc) is 2.68. The highest BCUT2D eigenvalue weighted by atomic mass is 16.4. The second kappa shape index (κ2) is 4.41. The Morgan fingerprint density at radius 2 is 2.26 bits per heavy atom. The molecule has 0 saturated heterocycles. The van der Waals surface area contributed by atoms with Crippen LogP contribution in [0.2, 0.25) is 0 Å². The minimum atomic E-state index is -0.714. The van der Waals surface area contributed by atoms with Gasteiger partial charge in [0, 0.05) is 17.6 Å². The smallest absolute Gasteiger partial charge is 0.311 e. The summed E-state index contributed by atoms with van der Waals surface area (Å²) in [5.41, 5.74) is 4.78. The minimum absolute atomic E-state index is 0.392. The van der Waals surface area contributed by atoms with Crippen molar-refractivity contribution in [1.29, 1.82) is 0 Å². The van der Waals surface area contributed by atoms with Crippen LogP contribution in [0.25, 0.3) is 10.9 Å². The van der Waals surface area contributed by atoms with E-state index >= 15 is 0 Å². The maximum atomic E-state index is 11.5. The van der Waals surface area contributed by atoms with Gasteiger partial charge in [-0.25, -0.2) is 0 Å². The van der Waals surface area contributed by atoms with Gasteiger partial charge in [0.2, 0.25) is 0 Å². The van der Waals surface area contributed by atoms with Crippen LogP contribution in [0.4, 0.5) is 0 Å². The number of para-hydroxylation sites is 1. The van der Waals surface area contributed by atoms with E-state index in [9.17, 15) is 9.90 Å². The summed E-state index contributed by atoms with van der Waals surface area (Å²) in [6.07, 6.45) is 2.88. The summed E-state index contributed by atoms with van der Waals surface area (Å²) in [6, 6.07) is 6.31. The monoisotopic (exact) mass is 257 g/mol. The van der Waals surface area contributed by atoms with Crippen LogP contribution in [0, 0.1) is 6.92 Å². The maximum Gasteiger partial charge on any atom is 0.311 e. The first-order chi connectivity index (χ1) is 9.15. The van der Waals surface area contributed by atoms with E-state index in [1.54, 1.807) is 0 Å². The molecule has 3 nitrogen and oxygen atoms in total. The first-order valence-corrected chi connectivity index (χ1v) is 6.98. The van der Waals surface area contributed by atoms with E-state index < -0.39 is 11.9 Å². The number of hydrogen-bond donors (Lipinski definition) is 1. The van der Waals surface area contributed by atoms with Crippen LogP contribution in [0.15, 0.2) is 18.2 Å². The van der Waals surface area contributed by atoms with Gasteiger partial charge in [0.15, 0.2) is 0 Å². The Morgan fingerprint density at radius 1 is 1.47 bits per heavy atom. The Balaban J connectivity index is 2.35. The number of carbonyl (C=O) groups is 1. The third-order valence-corrected chi connectivity index (χ3v) is 4.36. The lowest BCUT2D eigenvalue weighted by Crippen LogP contribution is -2.12. The summed E-state index contributed by atoms with van der Waals surface area (Å²) < 4.78 is 2.31. The fourth-order valence-electron chi connectivity index (χ4n) is 3.49. The fourth-order valence-corrected chi connectivity index (χ4v) is 3.49. The van der Waals surface area contributed by atoms with E-state index in [-0.39, 0.29) is 0 Å². The molecule has 1 aliphatic rings. The van der Waals surface area contributed by atoms with Gasteiger partial charge < -0.3 is 9.67 Å². The molecule has 1 unspecified atom stereocenters. The van der Waals surface area contributed by atoms with Gasteiger partial charge in [0.1, 0.15) is 0 Å². The SMILES string of the molecule is CCC(C(=O)O)c1c(C)n2c3c(cccc13)CCC2. The zero-order chi connectivity index (χ0) is 13.6. The molecule has 3 heteroatoms. The van der Waals surface area contributed by atoms with Crippen molar-refractivity contribution in [2.24, 2.45) is 0 Å². The molecule has 1 aromatic heterocycles. The minimum Gasteiger partial charge on any atom is -0.481 e. The third kappa shape index (κ3) is 1.68. The van der Waals surface area contributed by atoms with Crippen LogP contribution < -0.4 is 0 Å². The van der Waals surface area contributed by atoms with Crippen LogP contribution in [-0.2, 0) is 17.8 Å². The number of carboxylic acid groups (broad SMARTS) is 1. The molecule has 1 aliphatic heterocycles. The van der Waals surface area contributed by atoms with Gasteiger partial charge in [-0.15, -0.1) is 0 Å². The van der Waals surface area contributed by atoms with E-state index in [1.807, 2.05) is 6.92 Å². The first kappa shape index (κ1) is 12.3. The Kier molecular flexibility index (Phi) is 2.85. The van der Waals surface area contributed by atoms with Crippen molar-refractivity contribution in [2.75, 3.05) is 0 Å². The molecule has 0 spiro atoms. The molecule has 2 heterocycles. The van der Waals surface area contributed by atoms with Crippen LogP contribution in [0.5, 0.6) is 0 Å². The van der Waals surface area contributed by atoms with E-state index in [2.05, 4.69) is 29.7 Å². The Labute approximate surface area is 112 Å². The molecule has 0 radical (unpaired) electrons. The molecule has 0 saturated carbocycles. The second-order valence-electron chi connectivity index (χ2n) is 5.37. The Hall–Kier alpha value is -1.77. The lowest BCUT2D eigenvalue weighted by atomic mass is 9.93. The molecule has 0 fully saturated rings. The highest BCUT2D eigenvalue weighted by Gasteiger charge is 2.27. The van der Waals surface area contributed by atoms with Crippen LogP contribution in [0.1, 0.15) is 42.5 Å². The third-order valence-electron chi connectivity index (χ3n) is 4.36. The highest BCUT2D eigenvalue weighted by Crippen LogP contribution is 2.37. The average molecular weight is 257 g/mol. The topological polar surface area (TPSA) is 42.2 Å². The second-order valence-corrected chi connectivity index (χ2v) is 5.37. The number of benzene rings is 1. The normalized spacial score (nSPS) is 15.7. The molecule has 0 aliphatic carbocycles. The molecule has 19 heavy (non-hydrogen) atoms. The Morgan fingerprint density at radius 3 is 2.95 bits per heavy atom. The molecule has 1 N–H and O–H groups in total. The van der Waals surface area contributed by atoms with Crippen molar-refractivity contribution in [2.45, 2.75) is 45.6 Å². The molecule has 1 aromatic carbocycles. The van der Waals surface area contributed by atoms with Crippen LogP contribution in [-0.4, -0.2) is 15.6 Å². The van der Waals surface area contributed by atoms with Gasteiger partial charge in [-0.05, 0) is 37.3 Å².